The Labute approximate surface area is 180 Å². The quantitative estimate of drug-likeness (QED) is 0.425. The average Bonchev–Trinajstić information content (AvgIpc) is 3.43. The van der Waals surface area contributed by atoms with Crippen LogP contribution in [0.3, 0.4) is 0 Å². The fourth-order valence-electron chi connectivity index (χ4n) is 4.33. The summed E-state index contributed by atoms with van der Waals surface area (Å²) in [7, 11) is 0. The van der Waals surface area contributed by atoms with Gasteiger partial charge in [-0.3, -0.25) is 4.90 Å². The number of nitrogens with one attached hydrogen (secondary N) is 2. The molecule has 1 aliphatic heterocycles. The third kappa shape index (κ3) is 4.09. The Morgan fingerprint density at radius 3 is 2.61 bits per heavy atom. The number of fused-ring (bicyclic) bond motifs is 2. The predicted molar refractivity (Wildman–Crippen MR) is 121 cm³/mol. The number of H-pyrrole nitrogens is 1. The highest BCUT2D eigenvalue weighted by Gasteiger charge is 2.22. The van der Waals surface area contributed by atoms with Crippen LogP contribution in [0.5, 0.6) is 0 Å². The van der Waals surface area contributed by atoms with E-state index in [2.05, 4.69) is 15.2 Å². The molecule has 1 fully saturated rings. The van der Waals surface area contributed by atoms with Crippen molar-refractivity contribution in [1.29, 1.82) is 0 Å². The summed E-state index contributed by atoms with van der Waals surface area (Å²) in [5.41, 5.74) is 2.79. The number of carbonyl (C=O) groups is 1. The van der Waals surface area contributed by atoms with Crippen molar-refractivity contribution < 1.29 is 9.90 Å². The fourth-order valence-corrected chi connectivity index (χ4v) is 4.33. The van der Waals surface area contributed by atoms with Gasteiger partial charge in [-0.05, 0) is 49.7 Å². The first-order valence-corrected chi connectivity index (χ1v) is 10.7. The van der Waals surface area contributed by atoms with Crippen molar-refractivity contribution in [3.63, 3.8) is 0 Å². The summed E-state index contributed by atoms with van der Waals surface area (Å²) in [5.74, 6) is 0.389. The first kappa shape index (κ1) is 19.5. The van der Waals surface area contributed by atoms with Gasteiger partial charge in [-0.2, -0.15) is 0 Å². The molecule has 7 heteroatoms. The van der Waals surface area contributed by atoms with Gasteiger partial charge in [0.25, 0.3) is 0 Å². The van der Waals surface area contributed by atoms with Crippen LogP contribution in [0, 0.1) is 0 Å². The zero-order valence-electron chi connectivity index (χ0n) is 17.2. The second kappa shape index (κ2) is 8.35. The number of aromatic nitrogens is 3. The van der Waals surface area contributed by atoms with Crippen molar-refractivity contribution in [1.82, 2.24) is 19.9 Å². The molecule has 1 unspecified atom stereocenters. The number of anilines is 1. The largest absolute Gasteiger partial charge is 0.480 e. The van der Waals surface area contributed by atoms with Gasteiger partial charge in [-0.1, -0.05) is 30.3 Å². The van der Waals surface area contributed by atoms with E-state index in [-0.39, 0.29) is 0 Å². The molecule has 4 aromatic rings. The lowest BCUT2D eigenvalue weighted by atomic mass is 10.0. The van der Waals surface area contributed by atoms with E-state index >= 15 is 0 Å². The highest BCUT2D eigenvalue weighted by molar-refractivity contribution is 5.91. The van der Waals surface area contributed by atoms with E-state index in [4.69, 9.17) is 9.97 Å². The average molecular weight is 415 g/mol. The number of carboxylic acids is 1. The van der Waals surface area contributed by atoms with E-state index in [1.807, 2.05) is 54.7 Å². The van der Waals surface area contributed by atoms with E-state index < -0.39 is 12.0 Å². The van der Waals surface area contributed by atoms with Crippen LogP contribution in [0.2, 0.25) is 0 Å². The molecule has 31 heavy (non-hydrogen) atoms. The lowest BCUT2D eigenvalue weighted by molar-refractivity contribution is -0.137. The molecular formula is C24H25N5O2. The number of benzene rings is 2. The molecule has 0 bridgehead atoms. The van der Waals surface area contributed by atoms with Crippen LogP contribution in [0.1, 0.15) is 24.2 Å². The Kier molecular flexibility index (Phi) is 5.26. The van der Waals surface area contributed by atoms with E-state index in [1.54, 1.807) is 0 Å². The number of likely N-dealkylation sites (tertiary alicyclic amines) is 1. The number of aromatic amines is 1. The molecule has 2 aromatic carbocycles. The van der Waals surface area contributed by atoms with Crippen LogP contribution in [0.4, 0.5) is 5.82 Å². The molecule has 3 heterocycles. The van der Waals surface area contributed by atoms with Crippen molar-refractivity contribution in [2.75, 3.05) is 18.4 Å². The Morgan fingerprint density at radius 1 is 1.06 bits per heavy atom. The van der Waals surface area contributed by atoms with E-state index in [1.165, 1.54) is 12.8 Å². The van der Waals surface area contributed by atoms with Crippen molar-refractivity contribution in [3.8, 4) is 0 Å². The lowest BCUT2D eigenvalue weighted by Gasteiger charge is -2.18. The van der Waals surface area contributed by atoms with E-state index in [9.17, 15) is 9.90 Å². The van der Waals surface area contributed by atoms with Crippen LogP contribution in [-0.4, -0.2) is 50.1 Å². The zero-order valence-corrected chi connectivity index (χ0v) is 17.2. The summed E-state index contributed by atoms with van der Waals surface area (Å²) >= 11 is 0. The van der Waals surface area contributed by atoms with Gasteiger partial charge < -0.3 is 15.4 Å². The summed E-state index contributed by atoms with van der Waals surface area (Å²) < 4.78 is 0. The molecular weight excluding hydrogens is 390 g/mol. The smallest absolute Gasteiger partial charge is 0.326 e. The molecule has 1 saturated heterocycles. The van der Waals surface area contributed by atoms with Crippen LogP contribution in [0.25, 0.3) is 21.8 Å². The number of aliphatic carboxylic acids is 1. The minimum Gasteiger partial charge on any atom is -0.480 e. The van der Waals surface area contributed by atoms with Gasteiger partial charge in [-0.15, -0.1) is 0 Å². The van der Waals surface area contributed by atoms with Gasteiger partial charge in [0.2, 0.25) is 0 Å². The normalized spacial score (nSPS) is 15.5. The summed E-state index contributed by atoms with van der Waals surface area (Å²) in [4.78, 5) is 27.2. The predicted octanol–water partition coefficient (Wildman–Crippen LogP) is 3.81. The summed E-state index contributed by atoms with van der Waals surface area (Å²) in [5, 5.41) is 15.0. The number of nitrogens with zero attached hydrogens (tertiary/aromatic N) is 3. The molecule has 0 radical (unpaired) electrons. The molecule has 158 valence electrons. The standard InChI is InChI=1S/C24H25N5O2/c30-24(31)21(13-16-14-25-19-9-3-1-7-17(16)19)27-23-18-8-2-4-10-20(18)26-22(28-23)15-29-11-5-6-12-29/h1-4,7-10,14,21,25H,5-6,11-13,15H2,(H,30,31)(H,26,27,28). The molecule has 1 atom stereocenters. The number of para-hydroxylation sites is 2. The molecule has 0 saturated carbocycles. The monoisotopic (exact) mass is 415 g/mol. The molecule has 0 aliphatic carbocycles. The molecule has 0 amide bonds. The van der Waals surface area contributed by atoms with E-state index in [0.29, 0.717) is 18.8 Å². The van der Waals surface area contributed by atoms with Gasteiger partial charge in [0.05, 0.1) is 12.1 Å². The van der Waals surface area contributed by atoms with Crippen LogP contribution in [0.15, 0.2) is 54.7 Å². The highest BCUT2D eigenvalue weighted by atomic mass is 16.4. The van der Waals surface area contributed by atoms with Gasteiger partial charge in [0.1, 0.15) is 17.7 Å². The van der Waals surface area contributed by atoms with Gasteiger partial charge in [-0.25, -0.2) is 14.8 Å². The summed E-state index contributed by atoms with van der Waals surface area (Å²) in [6.45, 7) is 2.79. The summed E-state index contributed by atoms with van der Waals surface area (Å²) in [6.07, 6.45) is 4.63. The molecule has 7 nitrogen and oxygen atoms in total. The molecule has 0 spiro atoms. The molecule has 5 rings (SSSR count). The SMILES string of the molecule is O=C(O)C(Cc1c[nH]c2ccccc12)Nc1nc(CN2CCCC2)nc2ccccc12. The number of rotatable bonds is 7. The van der Waals surface area contributed by atoms with Crippen LogP contribution >= 0.6 is 0 Å². The van der Waals surface area contributed by atoms with Crippen molar-refractivity contribution in [2.24, 2.45) is 0 Å². The van der Waals surface area contributed by atoms with Crippen LogP contribution in [-0.2, 0) is 17.8 Å². The van der Waals surface area contributed by atoms with Gasteiger partial charge in [0, 0.05) is 28.9 Å². The lowest BCUT2D eigenvalue weighted by Crippen LogP contribution is -2.32. The minimum absolute atomic E-state index is 0.346. The highest BCUT2D eigenvalue weighted by Crippen LogP contribution is 2.24. The second-order valence-electron chi connectivity index (χ2n) is 8.09. The Hall–Kier alpha value is -3.45. The first-order valence-electron chi connectivity index (χ1n) is 10.7. The Bertz CT molecular complexity index is 1230. The number of hydrogen-bond donors (Lipinski definition) is 3. The van der Waals surface area contributed by atoms with Crippen molar-refractivity contribution >= 4 is 33.6 Å². The minimum atomic E-state index is -0.908. The van der Waals surface area contributed by atoms with Gasteiger partial charge >= 0.3 is 5.97 Å². The third-order valence-electron chi connectivity index (χ3n) is 5.92. The van der Waals surface area contributed by atoms with Crippen molar-refractivity contribution in [3.05, 3.63) is 66.1 Å². The van der Waals surface area contributed by atoms with Crippen LogP contribution < -0.4 is 5.32 Å². The Balaban J connectivity index is 1.47. The number of hydrogen-bond acceptors (Lipinski definition) is 5. The maximum Gasteiger partial charge on any atom is 0.326 e. The number of carboxylic acid groups (broad SMARTS) is 1. The van der Waals surface area contributed by atoms with Gasteiger partial charge in [0.15, 0.2) is 0 Å². The fraction of sp³-hybridized carbons (Fsp3) is 0.292. The Morgan fingerprint density at radius 2 is 1.81 bits per heavy atom. The second-order valence-corrected chi connectivity index (χ2v) is 8.09. The van der Waals surface area contributed by atoms with E-state index in [0.717, 1.165) is 46.3 Å². The summed E-state index contributed by atoms with van der Waals surface area (Å²) in [6, 6.07) is 14.9. The first-order chi connectivity index (χ1) is 15.2. The maximum absolute atomic E-state index is 12.1. The zero-order chi connectivity index (χ0) is 21.2. The maximum atomic E-state index is 12.1. The third-order valence-corrected chi connectivity index (χ3v) is 5.92. The van der Waals surface area contributed by atoms with Crippen molar-refractivity contribution in [2.45, 2.75) is 31.8 Å². The molecule has 2 aromatic heterocycles. The topological polar surface area (TPSA) is 94.1 Å². The molecule has 3 N–H and O–H groups in total. The molecule has 1 aliphatic rings.